The monoisotopic (exact) mass is 443 g/mol. The molecule has 4 rings (SSSR count). The summed E-state index contributed by atoms with van der Waals surface area (Å²) < 4.78 is 10.8. The first-order valence-corrected chi connectivity index (χ1v) is 11.3. The molecule has 2 amide bonds. The number of furan rings is 1. The SMILES string of the molecule is COC(=O)C1CCN(C(=O)c2oc3c(c2C)/C(=N/NC(=O)c2cccs2)CCC3)CC1. The number of hydrazone groups is 1. The minimum absolute atomic E-state index is 0.161. The van der Waals surface area contributed by atoms with Gasteiger partial charge in [0, 0.05) is 30.6 Å². The van der Waals surface area contributed by atoms with Crippen molar-refractivity contribution in [3.05, 3.63) is 45.0 Å². The Labute approximate surface area is 184 Å². The van der Waals surface area contributed by atoms with Crippen molar-refractivity contribution in [1.29, 1.82) is 0 Å². The Kier molecular flexibility index (Phi) is 6.22. The number of carbonyl (C=O) groups excluding carboxylic acids is 3. The maximum atomic E-state index is 13.1. The second-order valence-electron chi connectivity index (χ2n) is 7.77. The zero-order valence-corrected chi connectivity index (χ0v) is 18.4. The highest BCUT2D eigenvalue weighted by Gasteiger charge is 2.33. The van der Waals surface area contributed by atoms with E-state index >= 15 is 0 Å². The van der Waals surface area contributed by atoms with Gasteiger partial charge in [0.25, 0.3) is 11.8 Å². The van der Waals surface area contributed by atoms with Crippen LogP contribution in [0.2, 0.25) is 0 Å². The number of aryl methyl sites for hydroxylation is 1. The third-order valence-corrected chi connectivity index (χ3v) is 6.74. The summed E-state index contributed by atoms with van der Waals surface area (Å²) in [5.74, 6) is 0.256. The van der Waals surface area contributed by atoms with E-state index in [2.05, 4.69) is 10.5 Å². The Morgan fingerprint density at radius 3 is 2.71 bits per heavy atom. The van der Waals surface area contributed by atoms with Gasteiger partial charge < -0.3 is 14.1 Å². The predicted molar refractivity (Wildman–Crippen MR) is 115 cm³/mol. The standard InChI is InChI=1S/C22H25N3O5S/c1-13-18-15(23-24-20(26)17-7-4-12-31-17)5-3-6-16(18)30-19(13)21(27)25-10-8-14(9-11-25)22(28)29-2/h4,7,12,14H,3,5-6,8-11H2,1-2H3,(H,24,26)/b23-15+. The number of fused-ring (bicyclic) bond motifs is 1. The Bertz CT molecular complexity index is 1020. The Hall–Kier alpha value is -2.94. The number of hydrogen-bond donors (Lipinski definition) is 1. The number of carbonyl (C=O) groups is 3. The maximum absolute atomic E-state index is 13.1. The van der Waals surface area contributed by atoms with E-state index in [1.807, 2.05) is 18.4 Å². The van der Waals surface area contributed by atoms with E-state index < -0.39 is 0 Å². The molecule has 2 aliphatic rings. The number of piperidine rings is 1. The molecule has 164 valence electrons. The molecule has 1 aliphatic heterocycles. The molecule has 0 unspecified atom stereocenters. The molecule has 0 aromatic carbocycles. The topological polar surface area (TPSA) is 101 Å². The minimum atomic E-state index is -0.249. The number of amides is 2. The lowest BCUT2D eigenvalue weighted by atomic mass is 9.93. The quantitative estimate of drug-likeness (QED) is 0.578. The highest BCUT2D eigenvalue weighted by atomic mass is 32.1. The van der Waals surface area contributed by atoms with Crippen LogP contribution in [0, 0.1) is 12.8 Å². The normalized spacial score (nSPS) is 18.0. The smallest absolute Gasteiger partial charge is 0.308 e. The summed E-state index contributed by atoms with van der Waals surface area (Å²) >= 11 is 1.35. The molecule has 0 atom stereocenters. The Morgan fingerprint density at radius 1 is 1.26 bits per heavy atom. The van der Waals surface area contributed by atoms with Crippen molar-refractivity contribution in [3.63, 3.8) is 0 Å². The first-order valence-electron chi connectivity index (χ1n) is 10.4. The molecule has 2 aromatic heterocycles. The molecule has 1 aliphatic carbocycles. The average Bonchev–Trinajstić information content (AvgIpc) is 3.45. The van der Waals surface area contributed by atoms with E-state index in [4.69, 9.17) is 9.15 Å². The van der Waals surface area contributed by atoms with Crippen molar-refractivity contribution in [2.75, 3.05) is 20.2 Å². The van der Waals surface area contributed by atoms with Crippen LogP contribution in [0.3, 0.4) is 0 Å². The molecule has 2 aromatic rings. The minimum Gasteiger partial charge on any atom is -0.469 e. The van der Waals surface area contributed by atoms with Gasteiger partial charge in [0.05, 0.1) is 23.6 Å². The summed E-state index contributed by atoms with van der Waals surface area (Å²) in [5, 5.41) is 6.19. The molecule has 0 spiro atoms. The van der Waals surface area contributed by atoms with Crippen LogP contribution in [-0.2, 0) is 16.0 Å². The van der Waals surface area contributed by atoms with E-state index in [0.29, 0.717) is 43.0 Å². The van der Waals surface area contributed by atoms with Crippen molar-refractivity contribution in [3.8, 4) is 0 Å². The van der Waals surface area contributed by atoms with E-state index in [1.54, 1.807) is 11.0 Å². The van der Waals surface area contributed by atoms with Crippen LogP contribution in [-0.4, -0.2) is 48.6 Å². The molecular weight excluding hydrogens is 418 g/mol. The fourth-order valence-electron chi connectivity index (χ4n) is 4.19. The lowest BCUT2D eigenvalue weighted by molar-refractivity contribution is -0.146. The van der Waals surface area contributed by atoms with Crippen LogP contribution in [0.4, 0.5) is 0 Å². The zero-order chi connectivity index (χ0) is 22.0. The fraction of sp³-hybridized carbons (Fsp3) is 0.455. The summed E-state index contributed by atoms with van der Waals surface area (Å²) in [6, 6.07) is 3.56. The van der Waals surface area contributed by atoms with Gasteiger partial charge in [-0.15, -0.1) is 11.3 Å². The van der Waals surface area contributed by atoms with Crippen LogP contribution in [0.1, 0.15) is 62.8 Å². The zero-order valence-electron chi connectivity index (χ0n) is 17.6. The van der Waals surface area contributed by atoms with Crippen molar-refractivity contribution < 1.29 is 23.5 Å². The van der Waals surface area contributed by atoms with Gasteiger partial charge in [-0.2, -0.15) is 5.10 Å². The molecule has 3 heterocycles. The lowest BCUT2D eigenvalue weighted by Crippen LogP contribution is -2.40. The third-order valence-electron chi connectivity index (χ3n) is 5.87. The number of nitrogens with zero attached hydrogens (tertiary/aromatic N) is 2. The van der Waals surface area contributed by atoms with Gasteiger partial charge in [0.2, 0.25) is 0 Å². The first-order chi connectivity index (χ1) is 15.0. The summed E-state index contributed by atoms with van der Waals surface area (Å²) in [6.07, 6.45) is 3.44. The molecule has 9 heteroatoms. The van der Waals surface area contributed by atoms with Gasteiger partial charge in [-0.25, -0.2) is 5.43 Å². The van der Waals surface area contributed by atoms with Crippen molar-refractivity contribution in [1.82, 2.24) is 10.3 Å². The second kappa shape index (κ2) is 9.05. The average molecular weight is 444 g/mol. The van der Waals surface area contributed by atoms with Crippen LogP contribution >= 0.6 is 11.3 Å². The summed E-state index contributed by atoms with van der Waals surface area (Å²) in [4.78, 5) is 39.4. The number of rotatable bonds is 4. The molecular formula is C22H25N3O5S. The van der Waals surface area contributed by atoms with E-state index in [9.17, 15) is 14.4 Å². The van der Waals surface area contributed by atoms with Gasteiger partial charge >= 0.3 is 5.97 Å². The fourth-order valence-corrected chi connectivity index (χ4v) is 4.81. The third kappa shape index (κ3) is 4.27. The number of thiophene rings is 1. The maximum Gasteiger partial charge on any atom is 0.308 e. The van der Waals surface area contributed by atoms with Gasteiger partial charge in [-0.05, 0) is 44.1 Å². The Morgan fingerprint density at radius 2 is 2.03 bits per heavy atom. The summed E-state index contributed by atoms with van der Waals surface area (Å²) in [5.41, 5.74) is 4.93. The number of ether oxygens (including phenoxy) is 1. The largest absolute Gasteiger partial charge is 0.469 e. The summed E-state index contributed by atoms with van der Waals surface area (Å²) in [7, 11) is 1.39. The number of esters is 1. The van der Waals surface area contributed by atoms with Crippen LogP contribution < -0.4 is 5.43 Å². The molecule has 1 saturated heterocycles. The van der Waals surface area contributed by atoms with E-state index in [-0.39, 0.29) is 23.7 Å². The van der Waals surface area contributed by atoms with Gasteiger partial charge in [0.1, 0.15) is 5.76 Å². The molecule has 0 saturated carbocycles. The van der Waals surface area contributed by atoms with Gasteiger partial charge in [0.15, 0.2) is 5.76 Å². The molecule has 1 N–H and O–H groups in total. The molecule has 8 nitrogen and oxygen atoms in total. The van der Waals surface area contributed by atoms with Crippen LogP contribution in [0.5, 0.6) is 0 Å². The van der Waals surface area contributed by atoms with Gasteiger partial charge in [-0.3, -0.25) is 14.4 Å². The lowest BCUT2D eigenvalue weighted by Gasteiger charge is -2.30. The molecule has 1 fully saturated rings. The Balaban J connectivity index is 1.50. The highest BCUT2D eigenvalue weighted by molar-refractivity contribution is 7.12. The molecule has 31 heavy (non-hydrogen) atoms. The number of hydrogen-bond acceptors (Lipinski definition) is 7. The van der Waals surface area contributed by atoms with Crippen molar-refractivity contribution >= 4 is 34.8 Å². The van der Waals surface area contributed by atoms with E-state index in [0.717, 1.165) is 35.4 Å². The molecule has 0 bridgehead atoms. The van der Waals surface area contributed by atoms with Crippen molar-refractivity contribution in [2.45, 2.75) is 39.0 Å². The van der Waals surface area contributed by atoms with Crippen LogP contribution in [0.25, 0.3) is 0 Å². The van der Waals surface area contributed by atoms with Gasteiger partial charge in [-0.1, -0.05) is 6.07 Å². The highest BCUT2D eigenvalue weighted by Crippen LogP contribution is 2.31. The van der Waals surface area contributed by atoms with E-state index in [1.165, 1.54) is 18.4 Å². The van der Waals surface area contributed by atoms with Crippen molar-refractivity contribution in [2.24, 2.45) is 11.0 Å². The molecule has 0 radical (unpaired) electrons. The van der Waals surface area contributed by atoms with Crippen LogP contribution in [0.15, 0.2) is 27.0 Å². The number of nitrogens with one attached hydrogen (secondary N) is 1. The predicted octanol–water partition coefficient (Wildman–Crippen LogP) is 3.15. The summed E-state index contributed by atoms with van der Waals surface area (Å²) in [6.45, 7) is 2.83. The first kappa shape index (κ1) is 21.3. The number of likely N-dealkylation sites (tertiary alicyclic amines) is 1. The number of methoxy groups -OCH3 is 1. The second-order valence-corrected chi connectivity index (χ2v) is 8.72.